The Kier molecular flexibility index (Phi) is 5.94. The summed E-state index contributed by atoms with van der Waals surface area (Å²) in [6, 6.07) is 6.21. The monoisotopic (exact) mass is 359 g/mol. The van der Waals surface area contributed by atoms with E-state index >= 15 is 0 Å². The molecule has 6 nitrogen and oxygen atoms in total. The Morgan fingerprint density at radius 2 is 2.15 bits per heavy atom. The number of hydrogen-bond acceptors (Lipinski definition) is 5. The van der Waals surface area contributed by atoms with Crippen LogP contribution in [0, 0.1) is 6.92 Å². The van der Waals surface area contributed by atoms with Crippen molar-refractivity contribution in [3.05, 3.63) is 29.5 Å². The maximum absolute atomic E-state index is 11.9. The summed E-state index contributed by atoms with van der Waals surface area (Å²) in [4.78, 5) is 16.1. The van der Waals surface area contributed by atoms with Gasteiger partial charge >= 0.3 is 0 Å². The fourth-order valence-corrected chi connectivity index (χ4v) is 3.75. The van der Waals surface area contributed by atoms with Gasteiger partial charge in [0.2, 0.25) is 0 Å². The van der Waals surface area contributed by atoms with Gasteiger partial charge in [0.1, 0.15) is 6.10 Å². The van der Waals surface area contributed by atoms with Gasteiger partial charge in [0.15, 0.2) is 5.58 Å². The van der Waals surface area contributed by atoms with Crippen molar-refractivity contribution in [2.45, 2.75) is 45.6 Å². The number of fused-ring (bicyclic) bond motifs is 1. The molecule has 0 bridgehead atoms. The van der Waals surface area contributed by atoms with Crippen LogP contribution in [-0.4, -0.2) is 64.8 Å². The molecule has 0 aliphatic carbocycles. The van der Waals surface area contributed by atoms with Crippen molar-refractivity contribution in [2.24, 2.45) is 0 Å². The molecule has 1 aliphatic heterocycles. The SMILES string of the molecule is CCN(CCN1CCC(c2noc3ccc(C)cc23)CC1)C(=O)[C@H](C)O. The molecule has 2 aromatic rings. The summed E-state index contributed by atoms with van der Waals surface area (Å²) in [5.41, 5.74) is 3.17. The van der Waals surface area contributed by atoms with Crippen LogP contribution >= 0.6 is 0 Å². The average Bonchev–Trinajstić information content (AvgIpc) is 3.05. The smallest absolute Gasteiger partial charge is 0.251 e. The van der Waals surface area contributed by atoms with Crippen LogP contribution in [-0.2, 0) is 4.79 Å². The minimum Gasteiger partial charge on any atom is -0.384 e. The van der Waals surface area contributed by atoms with Crippen LogP contribution in [0.5, 0.6) is 0 Å². The van der Waals surface area contributed by atoms with Crippen LogP contribution in [0.3, 0.4) is 0 Å². The quantitative estimate of drug-likeness (QED) is 0.858. The molecule has 0 saturated carbocycles. The van der Waals surface area contributed by atoms with Gasteiger partial charge in [-0.05, 0) is 58.8 Å². The molecule has 1 fully saturated rings. The van der Waals surface area contributed by atoms with Crippen LogP contribution in [0.15, 0.2) is 22.7 Å². The molecule has 1 aromatic heterocycles. The van der Waals surface area contributed by atoms with E-state index in [9.17, 15) is 9.90 Å². The number of aromatic nitrogens is 1. The number of carbonyl (C=O) groups excluding carboxylic acids is 1. The van der Waals surface area contributed by atoms with Crippen LogP contribution in [0.25, 0.3) is 11.0 Å². The standard InChI is InChI=1S/C20H29N3O3/c1-4-23(20(25)15(3)24)12-11-22-9-7-16(8-10-22)19-17-13-14(2)5-6-18(17)26-21-19/h5-6,13,15-16,24H,4,7-12H2,1-3H3/t15-/m0/s1. The fraction of sp³-hybridized carbons (Fsp3) is 0.600. The highest BCUT2D eigenvalue weighted by Gasteiger charge is 2.26. The zero-order valence-corrected chi connectivity index (χ0v) is 15.9. The van der Waals surface area contributed by atoms with Gasteiger partial charge in [-0.25, -0.2) is 0 Å². The lowest BCUT2D eigenvalue weighted by molar-refractivity contribution is -0.139. The summed E-state index contributed by atoms with van der Waals surface area (Å²) in [7, 11) is 0. The fourth-order valence-electron chi connectivity index (χ4n) is 3.75. The molecule has 1 N–H and O–H groups in total. The van der Waals surface area contributed by atoms with Gasteiger partial charge in [0.05, 0.1) is 5.69 Å². The Hall–Kier alpha value is -1.92. The summed E-state index contributed by atoms with van der Waals surface area (Å²) in [5, 5.41) is 15.0. The third-order valence-electron chi connectivity index (χ3n) is 5.36. The number of hydrogen-bond donors (Lipinski definition) is 1. The van der Waals surface area contributed by atoms with Crippen LogP contribution < -0.4 is 0 Å². The Morgan fingerprint density at radius 3 is 2.81 bits per heavy atom. The van der Waals surface area contributed by atoms with Gasteiger partial charge in [0, 0.05) is 30.9 Å². The maximum Gasteiger partial charge on any atom is 0.251 e. The van der Waals surface area contributed by atoms with Crippen molar-refractivity contribution >= 4 is 16.9 Å². The highest BCUT2D eigenvalue weighted by molar-refractivity contribution is 5.81. The number of carbonyl (C=O) groups is 1. The topological polar surface area (TPSA) is 69.8 Å². The molecule has 0 unspecified atom stereocenters. The Labute approximate surface area is 154 Å². The van der Waals surface area contributed by atoms with Crippen LogP contribution in [0.2, 0.25) is 0 Å². The Balaban J connectivity index is 1.55. The van der Waals surface area contributed by atoms with Crippen molar-refractivity contribution in [2.75, 3.05) is 32.7 Å². The van der Waals surface area contributed by atoms with E-state index in [0.717, 1.165) is 49.1 Å². The lowest BCUT2D eigenvalue weighted by Gasteiger charge is -2.33. The molecule has 3 rings (SSSR count). The number of benzene rings is 1. The first kappa shape index (κ1) is 18.9. The second-order valence-corrected chi connectivity index (χ2v) is 7.28. The van der Waals surface area contributed by atoms with E-state index in [2.05, 4.69) is 23.0 Å². The van der Waals surface area contributed by atoms with E-state index in [4.69, 9.17) is 4.52 Å². The van der Waals surface area contributed by atoms with Crippen molar-refractivity contribution in [1.29, 1.82) is 0 Å². The molecular weight excluding hydrogens is 330 g/mol. The van der Waals surface area contributed by atoms with Crippen molar-refractivity contribution in [3.8, 4) is 0 Å². The molecule has 0 radical (unpaired) electrons. The number of amides is 1. The first-order chi connectivity index (χ1) is 12.5. The van der Waals surface area contributed by atoms with Gasteiger partial charge < -0.3 is 19.4 Å². The molecule has 1 aromatic carbocycles. The average molecular weight is 359 g/mol. The molecule has 0 spiro atoms. The van der Waals surface area contributed by atoms with Crippen molar-refractivity contribution in [3.63, 3.8) is 0 Å². The van der Waals surface area contributed by atoms with E-state index in [1.165, 1.54) is 12.5 Å². The molecule has 6 heteroatoms. The molecule has 1 aliphatic rings. The molecule has 26 heavy (non-hydrogen) atoms. The third kappa shape index (κ3) is 4.07. The maximum atomic E-state index is 11.9. The van der Waals surface area contributed by atoms with Gasteiger partial charge in [0.25, 0.3) is 5.91 Å². The van der Waals surface area contributed by atoms with Gasteiger partial charge in [-0.3, -0.25) is 4.79 Å². The number of piperidine rings is 1. The molecule has 1 amide bonds. The van der Waals surface area contributed by atoms with E-state index in [0.29, 0.717) is 19.0 Å². The van der Waals surface area contributed by atoms with Gasteiger partial charge in [-0.15, -0.1) is 0 Å². The summed E-state index contributed by atoms with van der Waals surface area (Å²) >= 11 is 0. The number of aliphatic hydroxyl groups excluding tert-OH is 1. The van der Waals surface area contributed by atoms with Gasteiger partial charge in [-0.2, -0.15) is 0 Å². The minimum atomic E-state index is -0.926. The van der Waals surface area contributed by atoms with E-state index in [1.807, 2.05) is 19.1 Å². The first-order valence-corrected chi connectivity index (χ1v) is 9.54. The zero-order valence-electron chi connectivity index (χ0n) is 15.9. The van der Waals surface area contributed by atoms with Crippen LogP contribution in [0.4, 0.5) is 0 Å². The first-order valence-electron chi connectivity index (χ1n) is 9.54. The molecule has 2 heterocycles. The van der Waals surface area contributed by atoms with E-state index < -0.39 is 6.10 Å². The molecule has 142 valence electrons. The van der Waals surface area contributed by atoms with Gasteiger partial charge in [-0.1, -0.05) is 16.8 Å². The van der Waals surface area contributed by atoms with E-state index in [1.54, 1.807) is 4.90 Å². The summed E-state index contributed by atoms with van der Waals surface area (Å²) in [5.74, 6) is 0.238. The number of aryl methyl sites for hydroxylation is 1. The normalized spacial score (nSPS) is 17.5. The summed E-state index contributed by atoms with van der Waals surface area (Å²) < 4.78 is 5.49. The minimum absolute atomic E-state index is 0.188. The predicted octanol–water partition coefficient (Wildman–Crippen LogP) is 2.54. The number of rotatable bonds is 6. The summed E-state index contributed by atoms with van der Waals surface area (Å²) in [6.07, 6.45) is 1.17. The van der Waals surface area contributed by atoms with Crippen molar-refractivity contribution in [1.82, 2.24) is 15.0 Å². The zero-order chi connectivity index (χ0) is 18.7. The Bertz CT molecular complexity index is 748. The highest BCUT2D eigenvalue weighted by Crippen LogP contribution is 2.32. The molecular formula is C20H29N3O3. The number of nitrogens with zero attached hydrogens (tertiary/aromatic N) is 3. The number of likely N-dealkylation sites (N-methyl/N-ethyl adjacent to an activating group) is 1. The molecule has 1 saturated heterocycles. The second kappa shape index (κ2) is 8.18. The largest absolute Gasteiger partial charge is 0.384 e. The third-order valence-corrected chi connectivity index (χ3v) is 5.36. The lowest BCUT2D eigenvalue weighted by atomic mass is 9.91. The number of aliphatic hydroxyl groups is 1. The lowest BCUT2D eigenvalue weighted by Crippen LogP contribution is -2.44. The van der Waals surface area contributed by atoms with E-state index in [-0.39, 0.29) is 5.91 Å². The Morgan fingerprint density at radius 1 is 1.42 bits per heavy atom. The summed E-state index contributed by atoms with van der Waals surface area (Å²) in [6.45, 7) is 9.69. The molecule has 1 atom stereocenters. The van der Waals surface area contributed by atoms with Crippen LogP contribution in [0.1, 0.15) is 43.9 Å². The van der Waals surface area contributed by atoms with Crippen molar-refractivity contribution < 1.29 is 14.4 Å². The predicted molar refractivity (Wildman–Crippen MR) is 101 cm³/mol. The highest BCUT2D eigenvalue weighted by atomic mass is 16.5. The second-order valence-electron chi connectivity index (χ2n) is 7.28. The number of likely N-dealkylation sites (tertiary alicyclic amines) is 1.